The molecule has 0 bridgehead atoms. The summed E-state index contributed by atoms with van der Waals surface area (Å²) in [5, 5.41) is 0. The van der Waals surface area contributed by atoms with Crippen LogP contribution in [0.4, 0.5) is 0 Å². The highest BCUT2D eigenvalue weighted by molar-refractivity contribution is 4.99. The van der Waals surface area contributed by atoms with Crippen molar-refractivity contribution in [3.8, 4) is 0 Å². The Morgan fingerprint density at radius 2 is 1.82 bits per heavy atom. The van der Waals surface area contributed by atoms with Gasteiger partial charge in [0.15, 0.2) is 0 Å². The Kier molecular flexibility index (Phi) is 2.32. The molecule has 3 atom stereocenters. The van der Waals surface area contributed by atoms with Crippen LogP contribution in [0.3, 0.4) is 0 Å². The van der Waals surface area contributed by atoms with Gasteiger partial charge < -0.3 is 0 Å². The van der Waals surface area contributed by atoms with Gasteiger partial charge in [-0.15, -0.1) is 0 Å². The molecule has 11 heavy (non-hydrogen) atoms. The van der Waals surface area contributed by atoms with Crippen molar-refractivity contribution in [2.75, 3.05) is 0 Å². The molecule has 0 heteroatoms. The van der Waals surface area contributed by atoms with Crippen LogP contribution in [0.5, 0.6) is 0 Å². The van der Waals surface area contributed by atoms with Crippen LogP contribution in [-0.2, 0) is 0 Å². The van der Waals surface area contributed by atoms with Gasteiger partial charge in [-0.05, 0) is 36.0 Å². The molecular formula is C11H22. The summed E-state index contributed by atoms with van der Waals surface area (Å²) in [7, 11) is 0. The molecule has 0 aliphatic heterocycles. The first-order valence-corrected chi connectivity index (χ1v) is 4.97. The Balaban J connectivity index is 2.37. The second-order valence-corrected chi connectivity index (χ2v) is 5.14. The van der Waals surface area contributed by atoms with Crippen LogP contribution in [0, 0.1) is 23.2 Å². The highest BCUT2D eigenvalue weighted by Gasteiger charge is 2.49. The van der Waals surface area contributed by atoms with Gasteiger partial charge >= 0.3 is 0 Å². The topological polar surface area (TPSA) is 0 Å². The fourth-order valence-electron chi connectivity index (χ4n) is 2.26. The lowest BCUT2D eigenvalue weighted by Crippen LogP contribution is -2.13. The first-order chi connectivity index (χ1) is 4.97. The third-order valence-corrected chi connectivity index (χ3v) is 3.66. The van der Waals surface area contributed by atoms with Gasteiger partial charge in [-0.3, -0.25) is 0 Å². The monoisotopic (exact) mass is 154 g/mol. The van der Waals surface area contributed by atoms with Crippen LogP contribution in [-0.4, -0.2) is 0 Å². The molecule has 1 fully saturated rings. The van der Waals surface area contributed by atoms with Gasteiger partial charge in [0.1, 0.15) is 0 Å². The first kappa shape index (κ1) is 9.09. The number of rotatable bonds is 3. The van der Waals surface area contributed by atoms with Gasteiger partial charge in [0.05, 0.1) is 0 Å². The molecule has 0 spiro atoms. The summed E-state index contributed by atoms with van der Waals surface area (Å²) < 4.78 is 0. The van der Waals surface area contributed by atoms with E-state index in [9.17, 15) is 0 Å². The van der Waals surface area contributed by atoms with Crippen LogP contribution in [0.25, 0.3) is 0 Å². The molecule has 0 aromatic heterocycles. The largest absolute Gasteiger partial charge is 0.0628 e. The Hall–Kier alpha value is 0. The van der Waals surface area contributed by atoms with Gasteiger partial charge in [0, 0.05) is 0 Å². The van der Waals surface area contributed by atoms with Gasteiger partial charge in [-0.2, -0.15) is 0 Å². The van der Waals surface area contributed by atoms with E-state index in [0.29, 0.717) is 5.41 Å². The fourth-order valence-corrected chi connectivity index (χ4v) is 2.26. The lowest BCUT2D eigenvalue weighted by Gasteiger charge is -2.21. The molecule has 0 nitrogen and oxygen atoms in total. The Labute approximate surface area is 71.4 Å². The second-order valence-electron chi connectivity index (χ2n) is 5.14. The molecule has 1 aliphatic rings. The molecule has 1 rings (SSSR count). The minimum absolute atomic E-state index is 0.699. The molecule has 0 radical (unpaired) electrons. The molecule has 0 saturated heterocycles. The minimum Gasteiger partial charge on any atom is -0.0628 e. The van der Waals surface area contributed by atoms with E-state index in [4.69, 9.17) is 0 Å². The van der Waals surface area contributed by atoms with E-state index in [2.05, 4.69) is 34.6 Å². The van der Waals surface area contributed by atoms with Crippen molar-refractivity contribution in [1.29, 1.82) is 0 Å². The molecule has 3 unspecified atom stereocenters. The molecular weight excluding hydrogens is 132 g/mol. The Bertz CT molecular complexity index is 137. The zero-order valence-electron chi connectivity index (χ0n) is 8.65. The van der Waals surface area contributed by atoms with Gasteiger partial charge in [0.25, 0.3) is 0 Å². The van der Waals surface area contributed by atoms with Crippen LogP contribution >= 0.6 is 0 Å². The predicted octanol–water partition coefficient (Wildman–Crippen LogP) is 3.71. The summed E-state index contributed by atoms with van der Waals surface area (Å²) in [4.78, 5) is 0. The van der Waals surface area contributed by atoms with Crippen molar-refractivity contribution in [3.63, 3.8) is 0 Å². The van der Waals surface area contributed by atoms with Gasteiger partial charge in [-0.25, -0.2) is 0 Å². The summed E-state index contributed by atoms with van der Waals surface area (Å²) in [5.74, 6) is 2.78. The molecule has 66 valence electrons. The van der Waals surface area contributed by atoms with Crippen LogP contribution in [0.15, 0.2) is 0 Å². The third kappa shape index (κ3) is 1.77. The third-order valence-electron chi connectivity index (χ3n) is 3.66. The predicted molar refractivity (Wildman–Crippen MR) is 50.5 cm³/mol. The zero-order chi connectivity index (χ0) is 8.65. The SMILES string of the molecule is CC(C)CC(C)C1(C)CC1C. The molecule has 0 aromatic carbocycles. The molecule has 0 amide bonds. The smallest absolute Gasteiger partial charge is 0.0271 e. The molecule has 1 aliphatic carbocycles. The van der Waals surface area contributed by atoms with E-state index in [1.54, 1.807) is 0 Å². The van der Waals surface area contributed by atoms with Crippen molar-refractivity contribution in [2.45, 2.75) is 47.5 Å². The van der Waals surface area contributed by atoms with Crippen LogP contribution in [0.1, 0.15) is 47.5 Å². The molecule has 0 aromatic rings. The fraction of sp³-hybridized carbons (Fsp3) is 1.00. The van der Waals surface area contributed by atoms with E-state index in [1.807, 2.05) is 0 Å². The number of hydrogen-bond acceptors (Lipinski definition) is 0. The van der Waals surface area contributed by atoms with E-state index in [-0.39, 0.29) is 0 Å². The standard InChI is InChI=1S/C11H22/c1-8(2)6-9(3)11(5)7-10(11)4/h8-10H,6-7H2,1-5H3. The summed E-state index contributed by atoms with van der Waals surface area (Å²) in [6.07, 6.45) is 2.86. The second kappa shape index (κ2) is 2.80. The first-order valence-electron chi connectivity index (χ1n) is 4.97. The van der Waals surface area contributed by atoms with Crippen molar-refractivity contribution in [1.82, 2.24) is 0 Å². The summed E-state index contributed by atoms with van der Waals surface area (Å²) in [6, 6.07) is 0. The maximum absolute atomic E-state index is 2.45. The maximum atomic E-state index is 2.45. The van der Waals surface area contributed by atoms with Crippen molar-refractivity contribution in [2.24, 2.45) is 23.2 Å². The van der Waals surface area contributed by atoms with Crippen molar-refractivity contribution >= 4 is 0 Å². The average molecular weight is 154 g/mol. The van der Waals surface area contributed by atoms with Crippen molar-refractivity contribution in [3.05, 3.63) is 0 Å². The Morgan fingerprint density at radius 3 is 2.09 bits per heavy atom. The maximum Gasteiger partial charge on any atom is -0.0271 e. The summed E-state index contributed by atoms with van der Waals surface area (Å²) >= 11 is 0. The lowest BCUT2D eigenvalue weighted by atomic mass is 9.84. The average Bonchev–Trinajstić information content (AvgIpc) is 2.40. The Morgan fingerprint density at radius 1 is 1.36 bits per heavy atom. The molecule has 0 N–H and O–H groups in total. The highest BCUT2D eigenvalue weighted by Crippen LogP contribution is 2.58. The van der Waals surface area contributed by atoms with E-state index in [1.165, 1.54) is 12.8 Å². The van der Waals surface area contributed by atoms with Gasteiger partial charge in [0.2, 0.25) is 0 Å². The highest BCUT2D eigenvalue weighted by atomic mass is 14.5. The zero-order valence-corrected chi connectivity index (χ0v) is 8.65. The summed E-state index contributed by atoms with van der Waals surface area (Å²) in [5.41, 5.74) is 0.699. The van der Waals surface area contributed by atoms with E-state index in [0.717, 1.165) is 17.8 Å². The quantitative estimate of drug-likeness (QED) is 0.581. The minimum atomic E-state index is 0.699. The van der Waals surface area contributed by atoms with E-state index < -0.39 is 0 Å². The summed E-state index contributed by atoms with van der Waals surface area (Å²) in [6.45, 7) is 11.9. The lowest BCUT2D eigenvalue weighted by molar-refractivity contribution is 0.285. The molecule has 0 heterocycles. The number of hydrogen-bond donors (Lipinski definition) is 0. The van der Waals surface area contributed by atoms with Crippen LogP contribution in [0.2, 0.25) is 0 Å². The van der Waals surface area contributed by atoms with E-state index >= 15 is 0 Å². The van der Waals surface area contributed by atoms with Crippen LogP contribution < -0.4 is 0 Å². The van der Waals surface area contributed by atoms with Gasteiger partial charge in [-0.1, -0.05) is 34.6 Å². The normalized spacial score (nSPS) is 39.3. The van der Waals surface area contributed by atoms with Crippen molar-refractivity contribution < 1.29 is 0 Å². The molecule has 1 saturated carbocycles.